The van der Waals surface area contributed by atoms with Crippen LogP contribution in [0.15, 0.2) is 24.3 Å². The zero-order valence-corrected chi connectivity index (χ0v) is 12.4. The van der Waals surface area contributed by atoms with Gasteiger partial charge in [-0.3, -0.25) is 9.69 Å². The number of hydrogen-bond donors (Lipinski definition) is 0. The normalized spacial score (nSPS) is 19.3. The van der Waals surface area contributed by atoms with Gasteiger partial charge in [-0.1, -0.05) is 45.0 Å². The van der Waals surface area contributed by atoms with Crippen molar-refractivity contribution >= 4 is 5.78 Å². The van der Waals surface area contributed by atoms with Crippen LogP contribution >= 0.6 is 0 Å². The molecule has 2 heteroatoms. The van der Waals surface area contributed by atoms with Gasteiger partial charge in [-0.15, -0.1) is 0 Å². The van der Waals surface area contributed by atoms with E-state index in [0.29, 0.717) is 12.0 Å². The minimum absolute atomic E-state index is 0.250. The lowest BCUT2D eigenvalue weighted by Gasteiger charge is -2.37. The molecule has 0 bridgehead atoms. The third-order valence-electron chi connectivity index (χ3n) is 4.03. The quantitative estimate of drug-likeness (QED) is 0.771. The Kier molecular flexibility index (Phi) is 4.41. The number of benzene rings is 1. The highest BCUT2D eigenvalue weighted by Crippen LogP contribution is 2.28. The molecule has 0 atom stereocenters. The van der Waals surface area contributed by atoms with Crippen LogP contribution in [-0.2, 0) is 6.42 Å². The summed E-state index contributed by atoms with van der Waals surface area (Å²) in [7, 11) is 0. The Morgan fingerprint density at radius 1 is 1.26 bits per heavy atom. The highest BCUT2D eigenvalue weighted by Gasteiger charge is 2.27. The summed E-state index contributed by atoms with van der Waals surface area (Å²) in [6.07, 6.45) is 3.49. The van der Waals surface area contributed by atoms with Crippen molar-refractivity contribution in [3.8, 4) is 0 Å². The van der Waals surface area contributed by atoms with Gasteiger partial charge < -0.3 is 0 Å². The molecule has 1 saturated heterocycles. The molecule has 0 amide bonds. The van der Waals surface area contributed by atoms with Crippen molar-refractivity contribution in [1.29, 1.82) is 0 Å². The summed E-state index contributed by atoms with van der Waals surface area (Å²) in [6, 6.07) is 8.06. The lowest BCUT2D eigenvalue weighted by molar-refractivity contribution is 0.0810. The van der Waals surface area contributed by atoms with E-state index >= 15 is 0 Å². The summed E-state index contributed by atoms with van der Waals surface area (Å²) in [4.78, 5) is 14.6. The maximum Gasteiger partial charge on any atom is 0.176 e. The number of ketones is 1. The Bertz CT molecular complexity index is 433. The molecule has 1 heterocycles. The molecule has 0 N–H and O–H groups in total. The first-order chi connectivity index (χ1) is 9.00. The maximum atomic E-state index is 12.3. The van der Waals surface area contributed by atoms with Gasteiger partial charge >= 0.3 is 0 Å². The molecular formula is C17H25NO. The average Bonchev–Trinajstić information content (AvgIpc) is 2.37. The Labute approximate surface area is 116 Å². The highest BCUT2D eigenvalue weighted by molar-refractivity contribution is 5.97. The van der Waals surface area contributed by atoms with Gasteiger partial charge in [0.05, 0.1) is 6.54 Å². The number of nitrogens with zero attached hydrogens (tertiary/aromatic N) is 1. The molecule has 19 heavy (non-hydrogen) atoms. The second-order valence-electron chi connectivity index (χ2n) is 6.45. The zero-order chi connectivity index (χ0) is 13.9. The van der Waals surface area contributed by atoms with Crippen LogP contribution in [0.1, 0.15) is 49.5 Å². The molecule has 1 aliphatic rings. The number of aryl methyl sites for hydroxylation is 1. The van der Waals surface area contributed by atoms with E-state index in [-0.39, 0.29) is 5.78 Å². The molecule has 2 rings (SSSR count). The summed E-state index contributed by atoms with van der Waals surface area (Å²) < 4.78 is 0. The molecule has 2 nitrogen and oxygen atoms in total. The van der Waals surface area contributed by atoms with Gasteiger partial charge in [0.1, 0.15) is 0 Å². The monoisotopic (exact) mass is 259 g/mol. The number of Topliss-reactive ketones (excluding diaryl/α,β-unsaturated/α-hetero) is 1. The lowest BCUT2D eigenvalue weighted by atomic mass is 9.84. The molecule has 0 aromatic heterocycles. The summed E-state index contributed by atoms with van der Waals surface area (Å²) >= 11 is 0. The van der Waals surface area contributed by atoms with Crippen molar-refractivity contribution < 1.29 is 4.79 Å². The molecule has 0 unspecified atom stereocenters. The van der Waals surface area contributed by atoms with E-state index in [0.717, 1.165) is 25.1 Å². The van der Waals surface area contributed by atoms with Crippen LogP contribution in [0.5, 0.6) is 0 Å². The number of rotatable bonds is 4. The smallest absolute Gasteiger partial charge is 0.176 e. The van der Waals surface area contributed by atoms with Crippen molar-refractivity contribution in [1.82, 2.24) is 4.90 Å². The van der Waals surface area contributed by atoms with Crippen LogP contribution in [0.25, 0.3) is 0 Å². The lowest BCUT2D eigenvalue weighted by Crippen LogP contribution is -2.42. The van der Waals surface area contributed by atoms with E-state index < -0.39 is 0 Å². The van der Waals surface area contributed by atoms with Gasteiger partial charge in [0, 0.05) is 12.1 Å². The number of likely N-dealkylation sites (tertiary alicyclic amines) is 1. The fraction of sp³-hybridized carbons (Fsp3) is 0.588. The second-order valence-corrected chi connectivity index (χ2v) is 6.45. The van der Waals surface area contributed by atoms with E-state index in [1.54, 1.807) is 0 Å². The Hall–Kier alpha value is -1.15. The van der Waals surface area contributed by atoms with E-state index in [9.17, 15) is 4.79 Å². The predicted molar refractivity (Wildman–Crippen MR) is 79.6 cm³/mol. The van der Waals surface area contributed by atoms with Gasteiger partial charge in [0.15, 0.2) is 5.78 Å². The first-order valence-electron chi connectivity index (χ1n) is 7.35. The number of piperidine rings is 1. The van der Waals surface area contributed by atoms with Crippen LogP contribution in [0.4, 0.5) is 0 Å². The highest BCUT2D eigenvalue weighted by atomic mass is 16.1. The minimum Gasteiger partial charge on any atom is -0.295 e. The SMILES string of the molecule is CCc1ccc(C(=O)CN2CCCC(C)(C)C2)cc1. The number of hydrogen-bond acceptors (Lipinski definition) is 2. The van der Waals surface area contributed by atoms with Gasteiger partial charge in [-0.25, -0.2) is 0 Å². The molecule has 1 aliphatic heterocycles. The summed E-state index contributed by atoms with van der Waals surface area (Å²) in [5.74, 6) is 0.250. The van der Waals surface area contributed by atoms with E-state index in [4.69, 9.17) is 0 Å². The number of carbonyl (C=O) groups is 1. The van der Waals surface area contributed by atoms with Gasteiger partial charge in [0.2, 0.25) is 0 Å². The fourth-order valence-corrected chi connectivity index (χ4v) is 2.90. The topological polar surface area (TPSA) is 20.3 Å². The van der Waals surface area contributed by atoms with Crippen LogP contribution in [0.2, 0.25) is 0 Å². The molecule has 0 radical (unpaired) electrons. The van der Waals surface area contributed by atoms with Crippen molar-refractivity contribution in [3.05, 3.63) is 35.4 Å². The first kappa shape index (κ1) is 14.3. The summed E-state index contributed by atoms with van der Waals surface area (Å²) in [5.41, 5.74) is 2.49. The van der Waals surface area contributed by atoms with Crippen LogP contribution in [0, 0.1) is 5.41 Å². The second kappa shape index (κ2) is 5.87. The standard InChI is InChI=1S/C17H25NO/c1-4-14-6-8-15(9-7-14)16(19)12-18-11-5-10-17(2,3)13-18/h6-9H,4-5,10-13H2,1-3H3. The molecule has 1 fully saturated rings. The van der Waals surface area contributed by atoms with E-state index in [2.05, 4.69) is 37.8 Å². The molecule has 0 saturated carbocycles. The Morgan fingerprint density at radius 2 is 1.95 bits per heavy atom. The molecule has 1 aromatic carbocycles. The summed E-state index contributed by atoms with van der Waals surface area (Å²) in [6.45, 7) is 9.37. The van der Waals surface area contributed by atoms with Crippen molar-refractivity contribution in [3.63, 3.8) is 0 Å². The number of carbonyl (C=O) groups excluding carboxylic acids is 1. The van der Waals surface area contributed by atoms with Gasteiger partial charge in [0.25, 0.3) is 0 Å². The molecular weight excluding hydrogens is 234 g/mol. The predicted octanol–water partition coefficient (Wildman–Crippen LogP) is 3.55. The molecule has 1 aromatic rings. The zero-order valence-electron chi connectivity index (χ0n) is 12.4. The van der Waals surface area contributed by atoms with Crippen molar-refractivity contribution in [2.75, 3.05) is 19.6 Å². The Morgan fingerprint density at radius 3 is 2.53 bits per heavy atom. The van der Waals surface area contributed by atoms with E-state index in [1.807, 2.05) is 12.1 Å². The third-order valence-corrected chi connectivity index (χ3v) is 4.03. The third kappa shape index (κ3) is 3.90. The van der Waals surface area contributed by atoms with Gasteiger partial charge in [-0.2, -0.15) is 0 Å². The van der Waals surface area contributed by atoms with Crippen molar-refractivity contribution in [2.24, 2.45) is 5.41 Å². The summed E-state index contributed by atoms with van der Waals surface area (Å²) in [5, 5.41) is 0. The fourth-order valence-electron chi connectivity index (χ4n) is 2.90. The van der Waals surface area contributed by atoms with Crippen LogP contribution in [0.3, 0.4) is 0 Å². The molecule has 0 spiro atoms. The molecule has 0 aliphatic carbocycles. The van der Waals surface area contributed by atoms with Crippen LogP contribution in [-0.4, -0.2) is 30.3 Å². The van der Waals surface area contributed by atoms with Crippen molar-refractivity contribution in [2.45, 2.75) is 40.0 Å². The molecule has 104 valence electrons. The van der Waals surface area contributed by atoms with E-state index in [1.165, 1.54) is 18.4 Å². The largest absolute Gasteiger partial charge is 0.295 e. The van der Waals surface area contributed by atoms with Gasteiger partial charge in [-0.05, 0) is 36.8 Å². The minimum atomic E-state index is 0.250. The average molecular weight is 259 g/mol. The van der Waals surface area contributed by atoms with Crippen LogP contribution < -0.4 is 0 Å². The Balaban J connectivity index is 1.96. The maximum absolute atomic E-state index is 12.3. The first-order valence-corrected chi connectivity index (χ1v) is 7.35.